The summed E-state index contributed by atoms with van der Waals surface area (Å²) < 4.78 is 1.65. The maximum absolute atomic E-state index is 11.9. The number of aromatic nitrogens is 3. The number of carbonyl (C=O) groups excluding carboxylic acids is 1. The summed E-state index contributed by atoms with van der Waals surface area (Å²) in [6.45, 7) is 0.247. The minimum Gasteiger partial charge on any atom is -0.352 e. The van der Waals surface area contributed by atoms with Crippen molar-refractivity contribution in [2.75, 3.05) is 0 Å². The molecule has 0 aliphatic heterocycles. The molecule has 0 atom stereocenters. The van der Waals surface area contributed by atoms with Crippen LogP contribution in [0.25, 0.3) is 11.0 Å². The summed E-state index contributed by atoms with van der Waals surface area (Å²) in [6.07, 6.45) is 4.64. The zero-order chi connectivity index (χ0) is 12.4. The minimum absolute atomic E-state index is 0.0255. The number of nitrogens with zero attached hydrogens (tertiary/aromatic N) is 3. The molecule has 1 saturated carbocycles. The lowest BCUT2D eigenvalue weighted by molar-refractivity contribution is -0.122. The molecule has 1 fully saturated rings. The highest BCUT2D eigenvalue weighted by molar-refractivity contribution is 5.79. The van der Waals surface area contributed by atoms with Gasteiger partial charge in [0.25, 0.3) is 0 Å². The molecule has 1 heterocycles. The molecule has 1 N–H and O–H groups in total. The van der Waals surface area contributed by atoms with Crippen molar-refractivity contribution in [3.05, 3.63) is 24.3 Å². The fourth-order valence-electron chi connectivity index (χ4n) is 2.51. The van der Waals surface area contributed by atoms with Crippen molar-refractivity contribution >= 4 is 16.9 Å². The zero-order valence-electron chi connectivity index (χ0n) is 10.2. The first-order valence-electron chi connectivity index (χ1n) is 6.40. The van der Waals surface area contributed by atoms with Gasteiger partial charge in [0.2, 0.25) is 5.91 Å². The molecule has 94 valence electrons. The highest BCUT2D eigenvalue weighted by Crippen LogP contribution is 2.17. The molecule has 0 radical (unpaired) electrons. The average Bonchev–Trinajstić information content (AvgIpc) is 3.00. The Morgan fingerprint density at radius 2 is 2.11 bits per heavy atom. The van der Waals surface area contributed by atoms with Crippen LogP contribution in [0.1, 0.15) is 25.7 Å². The van der Waals surface area contributed by atoms with Gasteiger partial charge in [0.1, 0.15) is 12.1 Å². The van der Waals surface area contributed by atoms with Crippen LogP contribution < -0.4 is 5.32 Å². The van der Waals surface area contributed by atoms with Gasteiger partial charge in [0, 0.05) is 6.04 Å². The van der Waals surface area contributed by atoms with Gasteiger partial charge in [-0.3, -0.25) is 4.79 Å². The highest BCUT2D eigenvalue weighted by Gasteiger charge is 2.17. The maximum atomic E-state index is 11.9. The Morgan fingerprint density at radius 3 is 2.94 bits per heavy atom. The second kappa shape index (κ2) is 4.76. The summed E-state index contributed by atoms with van der Waals surface area (Å²) in [6, 6.07) is 8.02. The standard InChI is InChI=1S/C13H16N4O/c18-13(14-10-5-1-2-6-10)9-17-12-8-4-3-7-11(12)15-16-17/h3-4,7-8,10H,1-2,5-6,9H2,(H,14,18). The Bertz CT molecular complexity index is 557. The quantitative estimate of drug-likeness (QED) is 0.889. The average molecular weight is 244 g/mol. The molecule has 1 aliphatic carbocycles. The van der Waals surface area contributed by atoms with E-state index < -0.39 is 0 Å². The van der Waals surface area contributed by atoms with E-state index >= 15 is 0 Å². The number of amides is 1. The minimum atomic E-state index is 0.0255. The van der Waals surface area contributed by atoms with Crippen LogP contribution in [0, 0.1) is 0 Å². The highest BCUT2D eigenvalue weighted by atomic mass is 16.2. The van der Waals surface area contributed by atoms with Gasteiger partial charge >= 0.3 is 0 Å². The predicted octanol–water partition coefficient (Wildman–Crippen LogP) is 1.49. The second-order valence-corrected chi connectivity index (χ2v) is 4.78. The van der Waals surface area contributed by atoms with Crippen molar-refractivity contribution < 1.29 is 4.79 Å². The summed E-state index contributed by atoms with van der Waals surface area (Å²) in [5.74, 6) is 0.0255. The largest absolute Gasteiger partial charge is 0.352 e. The van der Waals surface area contributed by atoms with Crippen molar-refractivity contribution in [3.8, 4) is 0 Å². The molecule has 3 rings (SSSR count). The van der Waals surface area contributed by atoms with E-state index in [-0.39, 0.29) is 12.5 Å². The van der Waals surface area contributed by atoms with Gasteiger partial charge in [-0.15, -0.1) is 5.10 Å². The lowest BCUT2D eigenvalue weighted by atomic mass is 10.2. The number of hydrogen-bond acceptors (Lipinski definition) is 3. The molecule has 0 bridgehead atoms. The SMILES string of the molecule is O=C(Cn1nnc2ccccc21)NC1CCCC1. The van der Waals surface area contributed by atoms with E-state index in [9.17, 15) is 4.79 Å². The van der Waals surface area contributed by atoms with Crippen LogP contribution in [0.4, 0.5) is 0 Å². The molecule has 1 aromatic carbocycles. The molecule has 1 amide bonds. The first-order chi connectivity index (χ1) is 8.83. The third-order valence-corrected chi connectivity index (χ3v) is 3.43. The topological polar surface area (TPSA) is 59.8 Å². The van der Waals surface area contributed by atoms with Crippen molar-refractivity contribution in [2.45, 2.75) is 38.3 Å². The van der Waals surface area contributed by atoms with Crippen molar-refractivity contribution in [2.24, 2.45) is 0 Å². The lowest BCUT2D eigenvalue weighted by Gasteiger charge is -2.11. The van der Waals surface area contributed by atoms with Crippen LogP contribution in [0.5, 0.6) is 0 Å². The van der Waals surface area contributed by atoms with E-state index in [4.69, 9.17) is 0 Å². The van der Waals surface area contributed by atoms with Crippen molar-refractivity contribution in [3.63, 3.8) is 0 Å². The smallest absolute Gasteiger partial charge is 0.242 e. The monoisotopic (exact) mass is 244 g/mol. The summed E-state index contributed by atoms with van der Waals surface area (Å²) >= 11 is 0. The molecule has 1 aromatic heterocycles. The number of rotatable bonds is 3. The number of benzene rings is 1. The maximum Gasteiger partial charge on any atom is 0.242 e. The Labute approximate surface area is 105 Å². The number of carbonyl (C=O) groups is 1. The summed E-state index contributed by atoms with van der Waals surface area (Å²) in [5.41, 5.74) is 1.73. The Hall–Kier alpha value is -1.91. The van der Waals surface area contributed by atoms with Gasteiger partial charge in [-0.25, -0.2) is 4.68 Å². The van der Waals surface area contributed by atoms with Gasteiger partial charge in [-0.1, -0.05) is 30.2 Å². The van der Waals surface area contributed by atoms with E-state index in [0.29, 0.717) is 6.04 Å². The molecule has 5 nitrogen and oxygen atoms in total. The molecule has 5 heteroatoms. The van der Waals surface area contributed by atoms with Crippen LogP contribution in [0.15, 0.2) is 24.3 Å². The van der Waals surface area contributed by atoms with Crippen LogP contribution >= 0.6 is 0 Å². The fourth-order valence-corrected chi connectivity index (χ4v) is 2.51. The Balaban J connectivity index is 1.70. The van der Waals surface area contributed by atoms with Crippen molar-refractivity contribution in [1.82, 2.24) is 20.3 Å². The number of para-hydroxylation sites is 1. The molecular weight excluding hydrogens is 228 g/mol. The van der Waals surface area contributed by atoms with Gasteiger partial charge in [0.05, 0.1) is 5.52 Å². The van der Waals surface area contributed by atoms with E-state index in [2.05, 4.69) is 15.6 Å². The first-order valence-corrected chi connectivity index (χ1v) is 6.40. The van der Waals surface area contributed by atoms with Crippen LogP contribution in [0.3, 0.4) is 0 Å². The predicted molar refractivity (Wildman–Crippen MR) is 67.9 cm³/mol. The molecule has 1 aliphatic rings. The Kier molecular flexibility index (Phi) is 2.96. The zero-order valence-corrected chi connectivity index (χ0v) is 10.2. The van der Waals surface area contributed by atoms with E-state index in [1.165, 1.54) is 12.8 Å². The molecule has 0 saturated heterocycles. The third kappa shape index (κ3) is 2.20. The summed E-state index contributed by atoms with van der Waals surface area (Å²) in [5, 5.41) is 11.1. The molecule has 0 unspecified atom stereocenters. The number of hydrogen-bond donors (Lipinski definition) is 1. The Morgan fingerprint density at radius 1 is 1.33 bits per heavy atom. The van der Waals surface area contributed by atoms with Crippen LogP contribution in [-0.2, 0) is 11.3 Å². The van der Waals surface area contributed by atoms with E-state index in [1.54, 1.807) is 4.68 Å². The van der Waals surface area contributed by atoms with Crippen molar-refractivity contribution in [1.29, 1.82) is 0 Å². The van der Waals surface area contributed by atoms with Gasteiger partial charge in [-0.05, 0) is 25.0 Å². The van der Waals surface area contributed by atoms with Gasteiger partial charge < -0.3 is 5.32 Å². The first kappa shape index (κ1) is 11.2. The molecule has 18 heavy (non-hydrogen) atoms. The van der Waals surface area contributed by atoms with Gasteiger partial charge in [0.15, 0.2) is 0 Å². The summed E-state index contributed by atoms with van der Waals surface area (Å²) in [7, 11) is 0. The molecular formula is C13H16N4O. The van der Waals surface area contributed by atoms with Gasteiger partial charge in [-0.2, -0.15) is 0 Å². The van der Waals surface area contributed by atoms with E-state index in [0.717, 1.165) is 23.9 Å². The number of fused-ring (bicyclic) bond motifs is 1. The second-order valence-electron chi connectivity index (χ2n) is 4.78. The molecule has 2 aromatic rings. The molecule has 0 spiro atoms. The van der Waals surface area contributed by atoms with Crippen LogP contribution in [0.2, 0.25) is 0 Å². The third-order valence-electron chi connectivity index (χ3n) is 3.43. The normalized spacial score (nSPS) is 16.2. The summed E-state index contributed by atoms with van der Waals surface area (Å²) in [4.78, 5) is 11.9. The fraction of sp³-hybridized carbons (Fsp3) is 0.462. The lowest BCUT2D eigenvalue weighted by Crippen LogP contribution is -2.35. The number of nitrogens with one attached hydrogen (secondary N) is 1. The van der Waals surface area contributed by atoms with E-state index in [1.807, 2.05) is 24.3 Å². The van der Waals surface area contributed by atoms with Crippen LogP contribution in [-0.4, -0.2) is 26.9 Å².